The van der Waals surface area contributed by atoms with E-state index >= 15 is 0 Å². The van der Waals surface area contributed by atoms with E-state index in [0.29, 0.717) is 0 Å². The van der Waals surface area contributed by atoms with Crippen molar-refractivity contribution in [2.45, 2.75) is 6.42 Å². The van der Waals surface area contributed by atoms with E-state index in [9.17, 15) is 0 Å². The fourth-order valence-electron chi connectivity index (χ4n) is 3.34. The van der Waals surface area contributed by atoms with E-state index < -0.39 is 0 Å². The maximum atomic E-state index is 4.58. The topological polar surface area (TPSA) is 60.3 Å². The number of benzene rings is 2. The van der Waals surface area contributed by atoms with Crippen LogP contribution in [0, 0.1) is 0 Å². The van der Waals surface area contributed by atoms with Gasteiger partial charge in [-0.05, 0) is 17.7 Å². The van der Waals surface area contributed by atoms with Gasteiger partial charge in [0.15, 0.2) is 0 Å². The van der Waals surface area contributed by atoms with E-state index in [0.717, 1.165) is 34.5 Å². The normalized spacial score (nSPS) is 11.5. The Kier molecular flexibility index (Phi) is 2.82. The number of fused-ring (bicyclic) bond motifs is 2. The number of imidazole rings is 1. The molecule has 0 atom stereocenters. The molecule has 4 nitrogen and oxygen atoms in total. The largest absolute Gasteiger partial charge is 0.361 e. The van der Waals surface area contributed by atoms with E-state index in [2.05, 4.69) is 62.5 Å². The van der Waals surface area contributed by atoms with Crippen molar-refractivity contribution in [2.75, 3.05) is 0 Å². The van der Waals surface area contributed by atoms with Gasteiger partial charge in [-0.3, -0.25) is 0 Å². The number of H-pyrrole nitrogens is 3. The molecule has 0 bridgehead atoms. The highest BCUT2D eigenvalue weighted by Crippen LogP contribution is 2.28. The number of aromatic nitrogens is 4. The lowest BCUT2D eigenvalue weighted by molar-refractivity contribution is 1.03. The van der Waals surface area contributed by atoms with Crippen molar-refractivity contribution < 1.29 is 0 Å². The van der Waals surface area contributed by atoms with Crippen LogP contribution in [0.2, 0.25) is 0 Å². The summed E-state index contributed by atoms with van der Waals surface area (Å²) in [6, 6.07) is 16.7. The molecule has 3 N–H and O–H groups in total. The maximum Gasteiger partial charge on any atom is 0.111 e. The van der Waals surface area contributed by atoms with Gasteiger partial charge in [0.2, 0.25) is 0 Å². The third kappa shape index (κ3) is 2.04. The minimum absolute atomic E-state index is 0.784. The van der Waals surface area contributed by atoms with Gasteiger partial charge in [0.05, 0.1) is 11.9 Å². The van der Waals surface area contributed by atoms with Crippen LogP contribution in [-0.4, -0.2) is 19.9 Å². The fraction of sp³-hybridized carbons (Fsp3) is 0.0500. The van der Waals surface area contributed by atoms with Gasteiger partial charge in [0, 0.05) is 46.2 Å². The number of aromatic amines is 3. The summed E-state index contributed by atoms with van der Waals surface area (Å²) < 4.78 is 0. The zero-order valence-corrected chi connectivity index (χ0v) is 13.0. The van der Waals surface area contributed by atoms with Gasteiger partial charge in [0.1, 0.15) is 5.82 Å². The number of hydrogen-bond acceptors (Lipinski definition) is 1. The van der Waals surface area contributed by atoms with Crippen molar-refractivity contribution in [3.63, 3.8) is 0 Å². The Bertz CT molecular complexity index is 1140. The summed E-state index contributed by atoms with van der Waals surface area (Å²) in [5.74, 6) is 0.972. The molecule has 5 aromatic rings. The molecule has 2 aromatic carbocycles. The minimum atomic E-state index is 0.784. The quantitative estimate of drug-likeness (QED) is 0.447. The Morgan fingerprint density at radius 2 is 1.50 bits per heavy atom. The van der Waals surface area contributed by atoms with Crippen molar-refractivity contribution >= 4 is 21.8 Å². The molecule has 3 aromatic heterocycles. The molecule has 116 valence electrons. The molecule has 0 saturated carbocycles. The van der Waals surface area contributed by atoms with Crippen molar-refractivity contribution in [1.82, 2.24) is 19.9 Å². The molecule has 5 rings (SSSR count). The second kappa shape index (κ2) is 5.13. The van der Waals surface area contributed by atoms with Gasteiger partial charge in [-0.2, -0.15) is 0 Å². The first-order valence-corrected chi connectivity index (χ1v) is 8.04. The van der Waals surface area contributed by atoms with E-state index in [4.69, 9.17) is 0 Å². The standard InChI is InChI=1S/C20H16N4/c1-3-7-17-14(5-1)13(10-21-17)9-20-23-12-19(24-20)16-11-22-18-8-4-2-6-15(16)18/h1-8,10-12,21-22H,9H2,(H,23,24). The maximum absolute atomic E-state index is 4.58. The Hall–Kier alpha value is -3.27. The second-order valence-electron chi connectivity index (χ2n) is 6.03. The van der Waals surface area contributed by atoms with Crippen molar-refractivity contribution in [1.29, 1.82) is 0 Å². The van der Waals surface area contributed by atoms with Crippen molar-refractivity contribution in [2.24, 2.45) is 0 Å². The van der Waals surface area contributed by atoms with Crippen molar-refractivity contribution in [3.8, 4) is 11.3 Å². The molecular formula is C20H16N4. The van der Waals surface area contributed by atoms with Gasteiger partial charge in [-0.15, -0.1) is 0 Å². The van der Waals surface area contributed by atoms with Gasteiger partial charge >= 0.3 is 0 Å². The molecule has 0 saturated heterocycles. The molecule has 0 aliphatic carbocycles. The molecule has 0 radical (unpaired) electrons. The van der Waals surface area contributed by atoms with Crippen molar-refractivity contribution in [3.05, 3.63) is 78.5 Å². The summed E-state index contributed by atoms with van der Waals surface area (Å²) in [6.45, 7) is 0. The lowest BCUT2D eigenvalue weighted by atomic mass is 10.1. The molecule has 0 aliphatic heterocycles. The Morgan fingerprint density at radius 1 is 0.792 bits per heavy atom. The molecular weight excluding hydrogens is 296 g/mol. The summed E-state index contributed by atoms with van der Waals surface area (Å²) >= 11 is 0. The van der Waals surface area contributed by atoms with E-state index in [-0.39, 0.29) is 0 Å². The van der Waals surface area contributed by atoms with E-state index in [1.165, 1.54) is 16.3 Å². The van der Waals surface area contributed by atoms with Gasteiger partial charge in [-0.1, -0.05) is 36.4 Å². The third-order valence-corrected chi connectivity index (χ3v) is 4.54. The SMILES string of the molecule is c1ccc2c(Cc3ncc(-c4c[nH]c5ccccc45)[nH]3)c[nH]c2c1. The van der Waals surface area contributed by atoms with Crippen LogP contribution in [0.25, 0.3) is 33.1 Å². The highest BCUT2D eigenvalue weighted by molar-refractivity contribution is 5.94. The first kappa shape index (κ1) is 13.2. The first-order valence-electron chi connectivity index (χ1n) is 8.04. The predicted molar refractivity (Wildman–Crippen MR) is 97.0 cm³/mol. The van der Waals surface area contributed by atoms with Crippen LogP contribution in [0.4, 0.5) is 0 Å². The number of nitrogens with one attached hydrogen (secondary N) is 3. The highest BCUT2D eigenvalue weighted by atomic mass is 14.9. The number of rotatable bonds is 3. The molecule has 3 heterocycles. The molecule has 24 heavy (non-hydrogen) atoms. The van der Waals surface area contributed by atoms with Gasteiger partial charge in [0.25, 0.3) is 0 Å². The van der Waals surface area contributed by atoms with Crippen LogP contribution in [0.3, 0.4) is 0 Å². The van der Waals surface area contributed by atoms with Gasteiger partial charge in [-0.25, -0.2) is 4.98 Å². The predicted octanol–water partition coefficient (Wildman–Crippen LogP) is 4.63. The fourth-order valence-corrected chi connectivity index (χ4v) is 3.34. The average Bonchev–Trinajstić information content (AvgIpc) is 3.34. The van der Waals surface area contributed by atoms with Gasteiger partial charge < -0.3 is 15.0 Å². The van der Waals surface area contributed by atoms with Crippen LogP contribution in [0.15, 0.2) is 67.1 Å². The Labute approximate surface area is 138 Å². The number of hydrogen-bond donors (Lipinski definition) is 3. The zero-order valence-electron chi connectivity index (χ0n) is 13.0. The lowest BCUT2D eigenvalue weighted by Crippen LogP contribution is -1.89. The summed E-state index contributed by atoms with van der Waals surface area (Å²) in [6.07, 6.45) is 6.80. The Balaban J connectivity index is 1.51. The van der Waals surface area contributed by atoms with Crippen LogP contribution < -0.4 is 0 Å². The summed E-state index contributed by atoms with van der Waals surface area (Å²) in [4.78, 5) is 14.7. The summed E-state index contributed by atoms with van der Waals surface area (Å²) in [5.41, 5.74) is 5.76. The summed E-state index contributed by atoms with van der Waals surface area (Å²) in [7, 11) is 0. The smallest absolute Gasteiger partial charge is 0.111 e. The zero-order chi connectivity index (χ0) is 15.9. The first-order chi connectivity index (χ1) is 11.9. The number of nitrogens with zero attached hydrogens (tertiary/aromatic N) is 1. The lowest BCUT2D eigenvalue weighted by Gasteiger charge is -1.97. The van der Waals surface area contributed by atoms with E-state index in [1.807, 2.05) is 24.5 Å². The van der Waals surface area contributed by atoms with Crippen LogP contribution >= 0.6 is 0 Å². The molecule has 4 heteroatoms. The van der Waals surface area contributed by atoms with Crippen LogP contribution in [0.1, 0.15) is 11.4 Å². The second-order valence-corrected chi connectivity index (χ2v) is 6.03. The Morgan fingerprint density at radius 3 is 2.38 bits per heavy atom. The molecule has 0 spiro atoms. The highest BCUT2D eigenvalue weighted by Gasteiger charge is 2.10. The van der Waals surface area contributed by atoms with E-state index in [1.54, 1.807) is 0 Å². The number of para-hydroxylation sites is 2. The molecule has 0 unspecified atom stereocenters. The third-order valence-electron chi connectivity index (χ3n) is 4.54. The molecule has 0 fully saturated rings. The molecule has 0 aliphatic rings. The minimum Gasteiger partial charge on any atom is -0.361 e. The van der Waals surface area contributed by atoms with Crippen LogP contribution in [-0.2, 0) is 6.42 Å². The monoisotopic (exact) mass is 312 g/mol. The van der Waals surface area contributed by atoms with Crippen LogP contribution in [0.5, 0.6) is 0 Å². The molecule has 0 amide bonds. The summed E-state index contributed by atoms with van der Waals surface area (Å²) in [5, 5.41) is 2.46. The average molecular weight is 312 g/mol.